The van der Waals surface area contributed by atoms with Crippen LogP contribution in [0.25, 0.3) is 0 Å². The molecule has 0 radical (unpaired) electrons. The van der Waals surface area contributed by atoms with Crippen LogP contribution in [0.2, 0.25) is 5.02 Å². The van der Waals surface area contributed by atoms with Crippen molar-refractivity contribution < 1.29 is 17.9 Å². The second-order valence-corrected chi connectivity index (χ2v) is 11.4. The third-order valence-electron chi connectivity index (χ3n) is 6.68. The molecule has 0 aromatic heterocycles. The summed E-state index contributed by atoms with van der Waals surface area (Å²) >= 11 is 6.26. The number of piperazine rings is 1. The van der Waals surface area contributed by atoms with E-state index in [0.29, 0.717) is 37.6 Å². The van der Waals surface area contributed by atoms with Gasteiger partial charge in [-0.15, -0.1) is 0 Å². The highest BCUT2D eigenvalue weighted by atomic mass is 35.5. The molecule has 4 rings (SSSR count). The zero-order valence-electron chi connectivity index (χ0n) is 21.2. The number of hydrogen-bond donors (Lipinski definition) is 0. The lowest BCUT2D eigenvalue weighted by molar-refractivity contribution is -0.134. The molecule has 37 heavy (non-hydrogen) atoms. The van der Waals surface area contributed by atoms with Gasteiger partial charge in [0, 0.05) is 26.2 Å². The molecule has 0 N–H and O–H groups in total. The van der Waals surface area contributed by atoms with E-state index in [9.17, 15) is 13.2 Å². The van der Waals surface area contributed by atoms with Gasteiger partial charge in [-0.25, -0.2) is 8.42 Å². The van der Waals surface area contributed by atoms with Crippen LogP contribution in [0, 0.1) is 0 Å². The lowest BCUT2D eigenvalue weighted by atomic mass is 9.96. The molecule has 9 heteroatoms. The summed E-state index contributed by atoms with van der Waals surface area (Å²) in [7, 11) is -2.27. The number of halogens is 1. The summed E-state index contributed by atoms with van der Waals surface area (Å²) in [5.41, 5.74) is 2.71. The number of rotatable bonds is 8. The Labute approximate surface area is 224 Å². The van der Waals surface area contributed by atoms with Crippen LogP contribution >= 0.6 is 11.6 Å². The van der Waals surface area contributed by atoms with E-state index in [-0.39, 0.29) is 17.0 Å². The average Bonchev–Trinajstić information content (AvgIpc) is 2.89. The normalized spacial score (nSPS) is 15.4. The molecule has 3 aromatic rings. The van der Waals surface area contributed by atoms with E-state index in [1.54, 1.807) is 24.0 Å². The molecule has 0 spiro atoms. The highest BCUT2D eigenvalue weighted by molar-refractivity contribution is 7.92. The first-order chi connectivity index (χ1) is 17.7. The van der Waals surface area contributed by atoms with Crippen molar-refractivity contribution in [2.45, 2.75) is 19.0 Å². The Morgan fingerprint density at radius 3 is 1.92 bits per heavy atom. The summed E-state index contributed by atoms with van der Waals surface area (Å²) in [6, 6.07) is 24.5. The molecule has 7 nitrogen and oxygen atoms in total. The lowest BCUT2D eigenvalue weighted by Gasteiger charge is -2.41. The van der Waals surface area contributed by atoms with Gasteiger partial charge in [0.15, 0.2) is 0 Å². The molecule has 196 valence electrons. The Morgan fingerprint density at radius 2 is 1.46 bits per heavy atom. The molecule has 1 saturated heterocycles. The minimum absolute atomic E-state index is 0.0750. The topological polar surface area (TPSA) is 70.2 Å². The summed E-state index contributed by atoms with van der Waals surface area (Å²) < 4.78 is 31.8. The van der Waals surface area contributed by atoms with Crippen molar-refractivity contribution in [3.8, 4) is 5.75 Å². The SMILES string of the molecule is COc1ccc(N([C@@H](C)C(=O)N2CCN(C(c3ccccc3)c3ccccc3)CC2)S(C)(=O)=O)cc1Cl. The van der Waals surface area contributed by atoms with Crippen molar-refractivity contribution >= 4 is 33.2 Å². The minimum Gasteiger partial charge on any atom is -0.495 e. The van der Waals surface area contributed by atoms with Crippen molar-refractivity contribution in [3.63, 3.8) is 0 Å². The molecular weight excluding hydrogens is 510 g/mol. The van der Waals surface area contributed by atoms with Crippen molar-refractivity contribution in [1.29, 1.82) is 0 Å². The molecule has 1 atom stereocenters. The molecule has 1 fully saturated rings. The maximum atomic E-state index is 13.5. The molecule has 1 aliphatic heterocycles. The van der Waals surface area contributed by atoms with E-state index < -0.39 is 16.1 Å². The van der Waals surface area contributed by atoms with Crippen molar-refractivity contribution in [1.82, 2.24) is 9.80 Å². The molecule has 1 aliphatic rings. The number of amides is 1. The maximum Gasteiger partial charge on any atom is 0.246 e. The number of ether oxygens (including phenoxy) is 1. The molecular formula is C28H32ClN3O4S. The van der Waals surface area contributed by atoms with E-state index in [1.165, 1.54) is 24.3 Å². The predicted molar refractivity (Wildman–Crippen MR) is 148 cm³/mol. The number of methoxy groups -OCH3 is 1. The van der Waals surface area contributed by atoms with Gasteiger partial charge in [-0.3, -0.25) is 14.0 Å². The number of hydrogen-bond acceptors (Lipinski definition) is 5. The number of anilines is 1. The molecule has 0 aliphatic carbocycles. The fourth-order valence-corrected chi connectivity index (χ4v) is 6.36. The number of benzene rings is 3. The van der Waals surface area contributed by atoms with E-state index >= 15 is 0 Å². The van der Waals surface area contributed by atoms with Gasteiger partial charge in [-0.1, -0.05) is 72.3 Å². The third-order valence-corrected chi connectivity index (χ3v) is 8.22. The monoisotopic (exact) mass is 541 g/mol. The Morgan fingerprint density at radius 1 is 0.919 bits per heavy atom. The quantitative estimate of drug-likeness (QED) is 0.422. The smallest absolute Gasteiger partial charge is 0.246 e. The Hall–Kier alpha value is -3.07. The largest absolute Gasteiger partial charge is 0.495 e. The van der Waals surface area contributed by atoms with Crippen LogP contribution in [0.3, 0.4) is 0 Å². The van der Waals surface area contributed by atoms with Crippen LogP contribution in [-0.2, 0) is 14.8 Å². The zero-order valence-corrected chi connectivity index (χ0v) is 22.8. The molecule has 1 amide bonds. The van der Waals surface area contributed by atoms with E-state index in [0.717, 1.165) is 10.6 Å². The van der Waals surface area contributed by atoms with Crippen molar-refractivity contribution in [2.75, 3.05) is 43.8 Å². The zero-order chi connectivity index (χ0) is 26.6. The second kappa shape index (κ2) is 11.5. The molecule has 1 heterocycles. The van der Waals surface area contributed by atoms with Crippen LogP contribution in [0.5, 0.6) is 5.75 Å². The van der Waals surface area contributed by atoms with E-state index in [1.807, 2.05) is 36.4 Å². The van der Waals surface area contributed by atoms with E-state index in [2.05, 4.69) is 29.2 Å². The summed E-state index contributed by atoms with van der Waals surface area (Å²) in [5.74, 6) is 0.188. The van der Waals surface area contributed by atoms with Gasteiger partial charge in [0.1, 0.15) is 11.8 Å². The Bertz CT molecular complexity index is 1270. The molecule has 0 unspecified atom stereocenters. The van der Waals surface area contributed by atoms with Crippen LogP contribution in [0.15, 0.2) is 78.9 Å². The van der Waals surface area contributed by atoms with Gasteiger partial charge in [-0.2, -0.15) is 0 Å². The predicted octanol–water partition coefficient (Wildman–Crippen LogP) is 4.44. The van der Waals surface area contributed by atoms with Crippen LogP contribution < -0.4 is 9.04 Å². The number of carbonyl (C=O) groups excluding carboxylic acids is 1. The molecule has 0 bridgehead atoms. The first-order valence-electron chi connectivity index (χ1n) is 12.2. The van der Waals surface area contributed by atoms with Gasteiger partial charge in [-0.05, 0) is 36.2 Å². The van der Waals surface area contributed by atoms with E-state index in [4.69, 9.17) is 16.3 Å². The highest BCUT2D eigenvalue weighted by Crippen LogP contribution is 2.32. The van der Waals surface area contributed by atoms with Crippen molar-refractivity contribution in [2.24, 2.45) is 0 Å². The Kier molecular flexibility index (Phi) is 8.42. The average molecular weight is 542 g/mol. The number of nitrogens with zero attached hydrogens (tertiary/aromatic N) is 3. The number of sulfonamides is 1. The molecule has 0 saturated carbocycles. The lowest BCUT2D eigenvalue weighted by Crippen LogP contribution is -2.55. The maximum absolute atomic E-state index is 13.5. The van der Waals surface area contributed by atoms with Gasteiger partial charge in [0.2, 0.25) is 15.9 Å². The second-order valence-electron chi connectivity index (χ2n) is 9.14. The first-order valence-corrected chi connectivity index (χ1v) is 14.4. The summed E-state index contributed by atoms with van der Waals surface area (Å²) in [6.45, 7) is 3.95. The minimum atomic E-state index is -3.76. The standard InChI is InChI=1S/C28H32ClN3O4S/c1-21(32(37(3,34)35)24-14-15-26(36-2)25(29)20-24)28(33)31-18-16-30(17-19-31)27(22-10-6-4-7-11-22)23-12-8-5-9-13-23/h4-15,20-21,27H,16-19H2,1-3H3/t21-/m0/s1. The molecule has 3 aromatic carbocycles. The van der Waals surface area contributed by atoms with Gasteiger partial charge in [0.25, 0.3) is 0 Å². The third kappa shape index (κ3) is 6.09. The van der Waals surface area contributed by atoms with Crippen LogP contribution in [0.1, 0.15) is 24.1 Å². The summed E-state index contributed by atoms with van der Waals surface area (Å²) in [5, 5.41) is 0.273. The Balaban J connectivity index is 1.52. The van der Waals surface area contributed by atoms with Crippen LogP contribution in [0.4, 0.5) is 5.69 Å². The van der Waals surface area contributed by atoms with Gasteiger partial charge >= 0.3 is 0 Å². The summed E-state index contributed by atoms with van der Waals surface area (Å²) in [4.78, 5) is 17.6. The van der Waals surface area contributed by atoms with Gasteiger partial charge in [0.05, 0.1) is 30.1 Å². The van der Waals surface area contributed by atoms with Crippen LogP contribution in [-0.4, -0.2) is 69.7 Å². The first kappa shape index (κ1) is 27.0. The highest BCUT2D eigenvalue weighted by Gasteiger charge is 2.35. The summed E-state index contributed by atoms with van der Waals surface area (Å²) in [6.07, 6.45) is 1.09. The fourth-order valence-electron chi connectivity index (χ4n) is 4.94. The van der Waals surface area contributed by atoms with Crippen molar-refractivity contribution in [3.05, 3.63) is 95.0 Å². The number of carbonyl (C=O) groups is 1. The fraction of sp³-hybridized carbons (Fsp3) is 0.321. The van der Waals surface area contributed by atoms with Gasteiger partial charge < -0.3 is 9.64 Å².